The zero-order valence-electron chi connectivity index (χ0n) is 53.7. The van der Waals surface area contributed by atoms with E-state index in [1.165, 1.54) is 28.4 Å². The van der Waals surface area contributed by atoms with Crippen molar-refractivity contribution in [3.05, 3.63) is 120 Å². The number of hydrogen-bond donors (Lipinski definition) is 5. The average Bonchev–Trinajstić information content (AvgIpc) is 1.18. The van der Waals surface area contributed by atoms with E-state index in [9.17, 15) is 51.6 Å². The number of benzene rings is 3. The highest BCUT2D eigenvalue weighted by Crippen LogP contribution is 2.72. The molecule has 4 bridgehead atoms. The first kappa shape index (κ1) is 67.8. The number of likely N-dealkylation sites (N-methyl/N-ethyl adjacent to an activating group) is 1. The van der Waals surface area contributed by atoms with E-state index in [4.69, 9.17) is 29.0 Å². The van der Waals surface area contributed by atoms with Gasteiger partial charge in [-0.05, 0) is 141 Å². The van der Waals surface area contributed by atoms with Crippen LogP contribution < -0.4 is 25.6 Å². The van der Waals surface area contributed by atoms with Gasteiger partial charge in [-0.15, -0.1) is 0 Å². The van der Waals surface area contributed by atoms with Crippen molar-refractivity contribution in [2.24, 2.45) is 16.2 Å². The summed E-state index contributed by atoms with van der Waals surface area (Å²) in [5, 5.41) is 24.0. The molecule has 4 fully saturated rings. The third-order valence-corrected chi connectivity index (χ3v) is 20.3. The number of para-hydroxylation sites is 1. The number of ether oxygens (including phenoxy) is 4. The van der Waals surface area contributed by atoms with E-state index in [1.807, 2.05) is 60.1 Å². The summed E-state index contributed by atoms with van der Waals surface area (Å²) in [7, 11) is -2.94. The third-order valence-electron chi connectivity index (χ3n) is 18.6. The highest BCUT2D eigenvalue weighted by molar-refractivity contribution is 7.85. The summed E-state index contributed by atoms with van der Waals surface area (Å²) in [5.41, 5.74) is 5.90. The molecule has 7 amide bonds. The Morgan fingerprint density at radius 1 is 0.842 bits per heavy atom. The number of aromatic carboxylic acids is 1. The van der Waals surface area contributed by atoms with Crippen LogP contribution in [0.1, 0.15) is 112 Å². The molecule has 95 heavy (non-hydrogen) atoms. The molecule has 3 aromatic heterocycles. The number of carbonyl (C=O) groups excluding carboxylic acids is 6. The molecule has 3 aromatic carbocycles. The van der Waals surface area contributed by atoms with Gasteiger partial charge in [-0.25, -0.2) is 24.4 Å². The summed E-state index contributed by atoms with van der Waals surface area (Å²) in [6, 6.07) is 22.4. The highest BCUT2D eigenvalue weighted by Gasteiger charge is 2.66. The molecule has 12 rings (SSSR count). The van der Waals surface area contributed by atoms with E-state index in [-0.39, 0.29) is 73.9 Å². The van der Waals surface area contributed by atoms with Crippen molar-refractivity contribution in [2.45, 2.75) is 123 Å². The summed E-state index contributed by atoms with van der Waals surface area (Å²) < 4.78 is 59.7. The predicted octanol–water partition coefficient (Wildman–Crippen LogP) is 8.99. The molecule has 6 aromatic rings. The van der Waals surface area contributed by atoms with Gasteiger partial charge in [-0.1, -0.05) is 68.0 Å². The molecule has 6 aliphatic rings. The smallest absolute Gasteiger partial charge is 0.409 e. The van der Waals surface area contributed by atoms with Crippen LogP contribution in [-0.2, 0) is 63.1 Å². The van der Waals surface area contributed by atoms with Crippen molar-refractivity contribution >= 4 is 84.2 Å². The number of hydrogen-bond acceptors (Lipinski definition) is 17. The molecule has 2 aliphatic heterocycles. The van der Waals surface area contributed by atoms with Gasteiger partial charge in [-0.3, -0.25) is 43.5 Å². The number of imide groups is 1. The third kappa shape index (κ3) is 16.4. The number of aromatic nitrogens is 4. The Hall–Kier alpha value is -8.63. The van der Waals surface area contributed by atoms with Crippen LogP contribution in [-0.4, -0.2) is 166 Å². The number of nitrogens with zero attached hydrogens (tertiary/aromatic N) is 7. The van der Waals surface area contributed by atoms with E-state index in [0.717, 1.165) is 89.0 Å². The van der Waals surface area contributed by atoms with Gasteiger partial charge >= 0.3 is 18.1 Å². The van der Waals surface area contributed by atoms with Crippen molar-refractivity contribution in [1.82, 2.24) is 40.2 Å². The molecular weight excluding hydrogens is 1260 g/mol. The first-order valence-electron chi connectivity index (χ1n) is 32.1. The Labute approximate surface area is 554 Å². The number of thiazole rings is 1. The second kappa shape index (κ2) is 28.4. The molecule has 25 nitrogen and oxygen atoms in total. The predicted molar refractivity (Wildman–Crippen MR) is 353 cm³/mol. The van der Waals surface area contributed by atoms with Gasteiger partial charge in [0.25, 0.3) is 21.9 Å². The Morgan fingerprint density at radius 3 is 2.34 bits per heavy atom. The topological polar surface area (TPSA) is 320 Å². The average molecular weight is 1340 g/mol. The van der Waals surface area contributed by atoms with Gasteiger partial charge < -0.3 is 39.6 Å². The number of anilines is 2. The quantitative estimate of drug-likeness (QED) is 0.0166. The SMILES string of the molecule is Cc1c(-c2ccc(-c3ccc4c(c3)N(C(=O)Nc3nc5ccccc5s3)CCC4)nc2C(=O)O)cnn1CC12CC3(C)CC(C)(C1)CC(OCCN(C)C(=O)OCc1ccc(OCCOCCNC(=O)[C@H](CS(=O)(=O)O)NC(=O)CCCCCN4C(=O)C=CC4=O)cc1)(C3)C2. The number of carboxylic acids is 1. The minimum absolute atomic E-state index is 0.0256. The maximum Gasteiger partial charge on any atom is 0.409 e. The minimum atomic E-state index is -4.63. The molecule has 4 aliphatic carbocycles. The molecule has 0 radical (unpaired) electrons. The fraction of sp³-hybridized carbons (Fsp3) is 0.471. The van der Waals surface area contributed by atoms with Crippen LogP contribution in [0.25, 0.3) is 32.6 Å². The summed E-state index contributed by atoms with van der Waals surface area (Å²) in [4.78, 5) is 103. The molecular formula is C68H80N10O15S2. The van der Waals surface area contributed by atoms with Gasteiger partial charge in [0.2, 0.25) is 11.8 Å². The second-order valence-corrected chi connectivity index (χ2v) is 29.2. The van der Waals surface area contributed by atoms with Gasteiger partial charge in [0.1, 0.15) is 30.8 Å². The largest absolute Gasteiger partial charge is 0.491 e. The molecule has 4 saturated carbocycles. The number of urea groups is 1. The Morgan fingerprint density at radius 2 is 1.60 bits per heavy atom. The van der Waals surface area contributed by atoms with Crippen LogP contribution in [0.3, 0.4) is 0 Å². The zero-order chi connectivity index (χ0) is 67.3. The number of unbranched alkanes of at least 4 members (excludes halogenated alkanes) is 2. The van der Waals surface area contributed by atoms with Crippen molar-refractivity contribution in [2.75, 3.05) is 75.6 Å². The molecule has 5 heterocycles. The van der Waals surface area contributed by atoms with Crippen LogP contribution in [0.2, 0.25) is 0 Å². The van der Waals surface area contributed by atoms with Crippen molar-refractivity contribution in [3.8, 4) is 28.1 Å². The summed E-state index contributed by atoms with van der Waals surface area (Å²) in [5.74, 6) is -3.88. The van der Waals surface area contributed by atoms with Crippen LogP contribution in [0.5, 0.6) is 5.75 Å². The summed E-state index contributed by atoms with van der Waals surface area (Å²) >= 11 is 1.42. The number of amides is 7. The molecule has 0 saturated heterocycles. The van der Waals surface area contributed by atoms with Gasteiger partial charge in [0, 0.05) is 86.4 Å². The van der Waals surface area contributed by atoms with E-state index in [2.05, 4.69) is 34.8 Å². The maximum atomic E-state index is 13.8. The lowest BCUT2D eigenvalue weighted by molar-refractivity contribution is -0.248. The second-order valence-electron chi connectivity index (χ2n) is 26.6. The molecule has 504 valence electrons. The molecule has 2 unspecified atom stereocenters. The fourth-order valence-electron chi connectivity index (χ4n) is 15.5. The van der Waals surface area contributed by atoms with E-state index in [1.54, 1.807) is 48.5 Å². The molecule has 3 atom stereocenters. The number of pyridine rings is 1. The standard InChI is InChI=1S/C68H80N10O15S2/c1-44-50(49-21-22-51(72-59(49)61(83)84)47-18-17-46-11-10-27-76(54(46)33-47)63(85)74-62-73-52-12-7-8-13-55(52)94-62)34-70-78(44)43-67-38-65(2)37-66(3,39-67)41-68(40-65,42-67)93-30-28-75(4)64(86)92-35-45-15-19-48(20-16-45)91-32-31-90-29-25-69-60(82)53(36-95(87,88)89)71-56(79)14-6-5-9-26-77-57(80)23-24-58(77)81/h7-8,12-13,15-24,33-34,53H,5-6,9-11,14,25-32,35-43H2,1-4H3,(H,69,82)(H,71,79)(H,83,84)(H,73,74,85)(H,87,88,89)/t53-,65?,66?,67?,68?/m0/s1. The normalized spacial score (nSPS) is 21.4. The maximum absolute atomic E-state index is 13.8. The summed E-state index contributed by atoms with van der Waals surface area (Å²) in [6.45, 7) is 9.07. The van der Waals surface area contributed by atoms with Crippen LogP contribution in [0, 0.1) is 23.2 Å². The number of aryl methyl sites for hydroxylation is 1. The number of rotatable bonds is 29. The van der Waals surface area contributed by atoms with Crippen molar-refractivity contribution in [3.63, 3.8) is 0 Å². The molecule has 27 heteroatoms. The fourth-order valence-corrected chi connectivity index (χ4v) is 17.0. The van der Waals surface area contributed by atoms with Gasteiger partial charge in [-0.2, -0.15) is 13.5 Å². The van der Waals surface area contributed by atoms with Crippen LogP contribution >= 0.6 is 11.3 Å². The highest BCUT2D eigenvalue weighted by atomic mass is 32.2. The Bertz CT molecular complexity index is 3990. The first-order chi connectivity index (χ1) is 45.3. The lowest BCUT2D eigenvalue weighted by Gasteiger charge is -2.69. The molecule has 0 spiro atoms. The van der Waals surface area contributed by atoms with E-state index < -0.39 is 63.2 Å². The first-order valence-corrected chi connectivity index (χ1v) is 34.5. The van der Waals surface area contributed by atoms with Gasteiger partial charge in [0.15, 0.2) is 10.8 Å². The number of carbonyl (C=O) groups is 7. The number of nitrogens with one attached hydrogen (secondary N) is 3. The lowest BCUT2D eigenvalue weighted by atomic mass is 9.39. The molecule has 5 N–H and O–H groups in total. The minimum Gasteiger partial charge on any atom is -0.491 e. The van der Waals surface area contributed by atoms with Crippen molar-refractivity contribution < 1.29 is 70.6 Å². The van der Waals surface area contributed by atoms with Gasteiger partial charge in [0.05, 0.1) is 47.5 Å². The summed E-state index contributed by atoms with van der Waals surface area (Å²) in [6.07, 6.45) is 12.2. The lowest BCUT2D eigenvalue weighted by Crippen LogP contribution is -2.64. The zero-order valence-corrected chi connectivity index (χ0v) is 55.4. The van der Waals surface area contributed by atoms with E-state index in [0.29, 0.717) is 78.8 Å². The van der Waals surface area contributed by atoms with Crippen LogP contribution in [0.15, 0.2) is 97.2 Å². The monoisotopic (exact) mass is 1340 g/mol. The number of fused-ring (bicyclic) bond motifs is 2. The van der Waals surface area contributed by atoms with E-state index >= 15 is 0 Å². The van der Waals surface area contributed by atoms with Crippen molar-refractivity contribution in [1.29, 1.82) is 0 Å². The van der Waals surface area contributed by atoms with Crippen LogP contribution in [0.4, 0.5) is 20.4 Å². The number of carboxylic acid groups (broad SMARTS) is 1. The Kier molecular flexibility index (Phi) is 20.2. The Balaban J connectivity index is 0.618.